The molecule has 7 heteroatoms. The zero-order valence-electron chi connectivity index (χ0n) is 18.4. The first-order valence-corrected chi connectivity index (χ1v) is 9.78. The second-order valence-electron chi connectivity index (χ2n) is 7.68. The molecular weight excluding hydrogens is 394 g/mol. The Hall–Kier alpha value is -3.74. The molecule has 4 rings (SSSR count). The summed E-state index contributed by atoms with van der Waals surface area (Å²) in [6.07, 6.45) is 0. The average Bonchev–Trinajstić information content (AvgIpc) is 3.26. The number of para-hydroxylation sites is 1. The number of nitrogens with zero attached hydrogens (tertiary/aromatic N) is 2. The molecule has 1 aromatic heterocycles. The van der Waals surface area contributed by atoms with Gasteiger partial charge in [0.2, 0.25) is 0 Å². The maximum atomic E-state index is 11.6. The number of hydrogen-bond acceptors (Lipinski definition) is 5. The van der Waals surface area contributed by atoms with Crippen LogP contribution < -0.4 is 15.2 Å². The van der Waals surface area contributed by atoms with Gasteiger partial charge >= 0.3 is 5.97 Å². The number of benzene rings is 2. The zero-order valence-corrected chi connectivity index (χ0v) is 18.4. The molecule has 0 saturated carbocycles. The summed E-state index contributed by atoms with van der Waals surface area (Å²) in [5, 5.41) is 2.68. The van der Waals surface area contributed by atoms with Crippen LogP contribution in [0.4, 0.5) is 5.69 Å². The first kappa shape index (κ1) is 22.0. The molecule has 2 aromatic carbocycles. The van der Waals surface area contributed by atoms with Crippen LogP contribution in [0, 0.1) is 0 Å². The zero-order chi connectivity index (χ0) is 22.8. The first-order valence-electron chi connectivity index (χ1n) is 9.78. The SMILES string of the molecule is C=C1N(C)c2ccc(OC)cc2C1(C)C.COC(=O)c1cc(=O)n(-c2ccccc2)[nH]1. The molecule has 0 atom stereocenters. The maximum Gasteiger partial charge on any atom is 0.356 e. The number of likely N-dealkylation sites (N-methyl/N-ethyl adjacent to an activating group) is 1. The van der Waals surface area contributed by atoms with Crippen molar-refractivity contribution < 1.29 is 14.3 Å². The Morgan fingerprint density at radius 3 is 2.35 bits per heavy atom. The van der Waals surface area contributed by atoms with Crippen LogP contribution >= 0.6 is 0 Å². The van der Waals surface area contributed by atoms with E-state index in [0.717, 1.165) is 11.4 Å². The highest BCUT2D eigenvalue weighted by molar-refractivity contribution is 5.86. The number of aromatic amines is 1. The third kappa shape index (κ3) is 4.12. The van der Waals surface area contributed by atoms with Gasteiger partial charge in [0.1, 0.15) is 11.4 Å². The summed E-state index contributed by atoms with van der Waals surface area (Å²) >= 11 is 0. The molecule has 0 saturated heterocycles. The highest BCUT2D eigenvalue weighted by Gasteiger charge is 2.37. The Balaban J connectivity index is 0.000000176. The number of nitrogens with one attached hydrogen (secondary N) is 1. The van der Waals surface area contributed by atoms with E-state index in [-0.39, 0.29) is 16.7 Å². The molecule has 0 unspecified atom stereocenters. The van der Waals surface area contributed by atoms with Crippen LogP contribution in [0.25, 0.3) is 5.69 Å². The van der Waals surface area contributed by atoms with Crippen molar-refractivity contribution in [1.82, 2.24) is 9.78 Å². The van der Waals surface area contributed by atoms with Gasteiger partial charge in [-0.15, -0.1) is 0 Å². The Bertz CT molecular complexity index is 1160. The summed E-state index contributed by atoms with van der Waals surface area (Å²) in [7, 11) is 5.02. The normalized spacial score (nSPS) is 13.8. The monoisotopic (exact) mass is 421 g/mol. The van der Waals surface area contributed by atoms with Crippen LogP contribution in [-0.4, -0.2) is 37.0 Å². The smallest absolute Gasteiger partial charge is 0.356 e. The van der Waals surface area contributed by atoms with Gasteiger partial charge in [-0.2, -0.15) is 0 Å². The summed E-state index contributed by atoms with van der Waals surface area (Å²) in [6.45, 7) is 8.53. The number of carbonyl (C=O) groups excluding carboxylic acids is 1. The van der Waals surface area contributed by atoms with Gasteiger partial charge in [-0.05, 0) is 35.9 Å². The second kappa shape index (κ2) is 8.55. The summed E-state index contributed by atoms with van der Waals surface area (Å²) in [4.78, 5) is 24.9. The Labute approximate surface area is 181 Å². The molecule has 1 aliphatic heterocycles. The molecule has 0 aliphatic carbocycles. The molecule has 162 valence electrons. The van der Waals surface area contributed by atoms with Crippen LogP contribution in [0.2, 0.25) is 0 Å². The molecule has 1 N–H and O–H groups in total. The Morgan fingerprint density at radius 1 is 1.06 bits per heavy atom. The standard InChI is InChI=1S/C13H17NO.C11H10N2O3/c1-9-13(2,3)11-8-10(15-5)6-7-12(11)14(9)4;1-16-11(15)9-7-10(14)13(12-9)8-5-3-2-4-6-8/h6-8H,1H2,2-5H3;2-7,12H,1H3. The molecule has 7 nitrogen and oxygen atoms in total. The van der Waals surface area contributed by atoms with Crippen LogP contribution in [0.15, 0.2) is 71.7 Å². The number of esters is 1. The fourth-order valence-electron chi connectivity index (χ4n) is 3.53. The lowest BCUT2D eigenvalue weighted by Gasteiger charge is -2.22. The number of H-pyrrole nitrogens is 1. The second-order valence-corrected chi connectivity index (χ2v) is 7.68. The third-order valence-electron chi connectivity index (χ3n) is 5.50. The molecule has 0 spiro atoms. The summed E-state index contributed by atoms with van der Waals surface area (Å²) < 4.78 is 11.1. The van der Waals surface area contributed by atoms with Crippen molar-refractivity contribution in [3.8, 4) is 11.4 Å². The number of carbonyl (C=O) groups is 1. The number of ether oxygens (including phenoxy) is 2. The number of allylic oxidation sites excluding steroid dienone is 1. The van der Waals surface area contributed by atoms with Crippen molar-refractivity contribution in [1.29, 1.82) is 0 Å². The van der Waals surface area contributed by atoms with Crippen molar-refractivity contribution in [2.75, 3.05) is 26.2 Å². The quantitative estimate of drug-likeness (QED) is 0.650. The van der Waals surface area contributed by atoms with E-state index in [1.165, 1.54) is 29.1 Å². The van der Waals surface area contributed by atoms with E-state index in [0.29, 0.717) is 5.69 Å². The molecular formula is C24H27N3O4. The van der Waals surface area contributed by atoms with Gasteiger partial charge in [-0.3, -0.25) is 9.89 Å². The van der Waals surface area contributed by atoms with Crippen molar-refractivity contribution in [3.63, 3.8) is 0 Å². The van der Waals surface area contributed by atoms with E-state index in [4.69, 9.17) is 4.74 Å². The molecule has 0 bridgehead atoms. The highest BCUT2D eigenvalue weighted by Crippen LogP contribution is 2.47. The van der Waals surface area contributed by atoms with Gasteiger partial charge in [0.05, 0.1) is 19.9 Å². The van der Waals surface area contributed by atoms with Gasteiger partial charge in [-0.1, -0.05) is 38.6 Å². The fourth-order valence-corrected chi connectivity index (χ4v) is 3.53. The molecule has 31 heavy (non-hydrogen) atoms. The van der Waals surface area contributed by atoms with Crippen molar-refractivity contribution in [3.05, 3.63) is 88.5 Å². The van der Waals surface area contributed by atoms with Crippen molar-refractivity contribution in [2.45, 2.75) is 19.3 Å². The topological polar surface area (TPSA) is 76.6 Å². The Morgan fingerprint density at radius 2 is 1.74 bits per heavy atom. The fraction of sp³-hybridized carbons (Fsp3) is 0.250. The van der Waals surface area contributed by atoms with Gasteiger partial charge in [0, 0.05) is 29.9 Å². The van der Waals surface area contributed by atoms with E-state index in [1.54, 1.807) is 31.4 Å². The lowest BCUT2D eigenvalue weighted by molar-refractivity contribution is 0.0593. The van der Waals surface area contributed by atoms with Gasteiger partial charge in [-0.25, -0.2) is 9.48 Å². The van der Waals surface area contributed by atoms with E-state index >= 15 is 0 Å². The number of hydrogen-bond donors (Lipinski definition) is 1. The minimum atomic E-state index is -0.563. The molecule has 3 aromatic rings. The van der Waals surface area contributed by atoms with Crippen molar-refractivity contribution >= 4 is 11.7 Å². The predicted octanol–water partition coefficient (Wildman–Crippen LogP) is 3.89. The van der Waals surface area contributed by atoms with Crippen LogP contribution in [0.1, 0.15) is 29.9 Å². The number of aromatic nitrogens is 2. The average molecular weight is 421 g/mol. The first-order chi connectivity index (χ1) is 14.7. The minimum absolute atomic E-state index is 0.00137. The Kier molecular flexibility index (Phi) is 6.06. The third-order valence-corrected chi connectivity index (χ3v) is 5.50. The van der Waals surface area contributed by atoms with Gasteiger partial charge < -0.3 is 14.4 Å². The number of anilines is 1. The predicted molar refractivity (Wildman–Crippen MR) is 121 cm³/mol. The number of fused-ring (bicyclic) bond motifs is 1. The number of rotatable bonds is 3. The molecule has 0 amide bonds. The van der Waals surface area contributed by atoms with Crippen LogP contribution in [0.5, 0.6) is 5.75 Å². The molecule has 1 aliphatic rings. The molecule has 0 radical (unpaired) electrons. The minimum Gasteiger partial charge on any atom is -0.497 e. The van der Waals surface area contributed by atoms with Crippen molar-refractivity contribution in [2.24, 2.45) is 0 Å². The highest BCUT2D eigenvalue weighted by atomic mass is 16.5. The maximum absolute atomic E-state index is 11.6. The molecule has 0 fully saturated rings. The summed E-state index contributed by atoms with van der Waals surface area (Å²) in [5.74, 6) is 0.344. The lowest BCUT2D eigenvalue weighted by Crippen LogP contribution is -2.21. The summed E-state index contributed by atoms with van der Waals surface area (Å²) in [5.41, 5.74) is 4.15. The van der Waals surface area contributed by atoms with Crippen LogP contribution in [0.3, 0.4) is 0 Å². The van der Waals surface area contributed by atoms with Crippen LogP contribution in [-0.2, 0) is 10.2 Å². The largest absolute Gasteiger partial charge is 0.497 e. The van der Waals surface area contributed by atoms with E-state index in [1.807, 2.05) is 12.1 Å². The van der Waals surface area contributed by atoms with E-state index in [2.05, 4.69) is 54.3 Å². The lowest BCUT2D eigenvalue weighted by atomic mass is 9.84. The molecule has 2 heterocycles. The van der Waals surface area contributed by atoms with Gasteiger partial charge in [0.25, 0.3) is 5.56 Å². The summed E-state index contributed by atoms with van der Waals surface area (Å²) in [6, 6.07) is 16.4. The van der Waals surface area contributed by atoms with E-state index < -0.39 is 5.97 Å². The number of methoxy groups -OCH3 is 2. The van der Waals surface area contributed by atoms with Gasteiger partial charge in [0.15, 0.2) is 0 Å². The van der Waals surface area contributed by atoms with E-state index in [9.17, 15) is 9.59 Å².